The standard InChI is InChI=1S/C35H58/c1-2-3-4-5-6-7-8-9-10-11-12-13-14-15-16-17-18-19-20-21-22-23-25-28-33-31-32-34-29-26-24-27-30-35(33)34/h24,26-27,29-32H,2-23,25,28H2,1H3. The van der Waals surface area contributed by atoms with Gasteiger partial charge in [0.05, 0.1) is 0 Å². The van der Waals surface area contributed by atoms with Gasteiger partial charge in [0.2, 0.25) is 0 Å². The van der Waals surface area contributed by atoms with Crippen LogP contribution in [-0.4, -0.2) is 0 Å². The van der Waals surface area contributed by atoms with Crippen LogP contribution >= 0.6 is 0 Å². The van der Waals surface area contributed by atoms with Gasteiger partial charge in [0.15, 0.2) is 0 Å². The quantitative estimate of drug-likeness (QED) is 0.132. The van der Waals surface area contributed by atoms with Crippen LogP contribution in [0.3, 0.4) is 0 Å². The van der Waals surface area contributed by atoms with Crippen LogP contribution in [0.5, 0.6) is 0 Å². The third-order valence-electron chi connectivity index (χ3n) is 7.93. The van der Waals surface area contributed by atoms with Crippen molar-refractivity contribution in [2.75, 3.05) is 0 Å². The maximum Gasteiger partial charge on any atom is -0.0152 e. The summed E-state index contributed by atoms with van der Waals surface area (Å²) in [7, 11) is 0. The molecule has 0 saturated heterocycles. The highest BCUT2D eigenvalue weighted by Gasteiger charge is 2.06. The summed E-state index contributed by atoms with van der Waals surface area (Å²) in [6.45, 7) is 2.30. The molecule has 0 unspecified atom stereocenters. The molecule has 2 rings (SSSR count). The first-order valence-electron chi connectivity index (χ1n) is 15.9. The third kappa shape index (κ3) is 15.4. The van der Waals surface area contributed by atoms with Crippen molar-refractivity contribution < 1.29 is 0 Å². The van der Waals surface area contributed by atoms with Crippen molar-refractivity contribution in [3.63, 3.8) is 0 Å². The van der Waals surface area contributed by atoms with E-state index >= 15 is 0 Å². The molecule has 0 aromatic heterocycles. The van der Waals surface area contributed by atoms with Gasteiger partial charge in [-0.15, -0.1) is 0 Å². The molecular weight excluding hydrogens is 420 g/mol. The van der Waals surface area contributed by atoms with E-state index in [1.54, 1.807) is 5.56 Å². The minimum absolute atomic E-state index is 1.24. The fraction of sp³-hybridized carbons (Fsp3) is 0.714. The fourth-order valence-corrected chi connectivity index (χ4v) is 5.60. The zero-order valence-corrected chi connectivity index (χ0v) is 23.5. The Kier molecular flexibility index (Phi) is 18.8. The topological polar surface area (TPSA) is 0 Å². The second-order valence-electron chi connectivity index (χ2n) is 11.2. The minimum atomic E-state index is 1.24. The van der Waals surface area contributed by atoms with Gasteiger partial charge in [-0.1, -0.05) is 191 Å². The summed E-state index contributed by atoms with van der Waals surface area (Å²) in [6.07, 6.45) is 34.7. The van der Waals surface area contributed by atoms with Crippen molar-refractivity contribution >= 4 is 0 Å². The molecule has 35 heavy (non-hydrogen) atoms. The van der Waals surface area contributed by atoms with E-state index in [-0.39, 0.29) is 0 Å². The summed E-state index contributed by atoms with van der Waals surface area (Å²) in [5, 5.41) is 0. The van der Waals surface area contributed by atoms with Gasteiger partial charge in [-0.25, -0.2) is 0 Å². The van der Waals surface area contributed by atoms with Gasteiger partial charge in [-0.05, 0) is 29.5 Å². The molecule has 2 aliphatic rings. The first-order chi connectivity index (χ1) is 17.4. The Labute approximate surface area is 220 Å². The van der Waals surface area contributed by atoms with Gasteiger partial charge in [-0.2, -0.15) is 0 Å². The Morgan fingerprint density at radius 3 is 1.23 bits per heavy atom. The average molecular weight is 479 g/mol. The van der Waals surface area contributed by atoms with Crippen molar-refractivity contribution in [1.29, 1.82) is 0 Å². The molecule has 0 N–H and O–H groups in total. The van der Waals surface area contributed by atoms with E-state index in [1.807, 2.05) is 0 Å². The summed E-state index contributed by atoms with van der Waals surface area (Å²) in [5.74, 6) is 0. The predicted molar refractivity (Wildman–Crippen MR) is 159 cm³/mol. The molecule has 0 radical (unpaired) electrons. The van der Waals surface area contributed by atoms with E-state index in [0.29, 0.717) is 0 Å². The van der Waals surface area contributed by atoms with E-state index in [1.165, 1.54) is 165 Å². The van der Waals surface area contributed by atoms with Crippen LogP contribution in [0.1, 0.15) is 160 Å². The van der Waals surface area contributed by atoms with Gasteiger partial charge >= 0.3 is 0 Å². The van der Waals surface area contributed by atoms with E-state index in [2.05, 4.69) is 49.4 Å². The number of fused-ring (bicyclic) bond motifs is 1. The Morgan fingerprint density at radius 2 is 0.771 bits per heavy atom. The first kappa shape index (κ1) is 29.9. The second kappa shape index (κ2) is 21.9. The summed E-state index contributed by atoms with van der Waals surface area (Å²) >= 11 is 0. The molecule has 0 saturated carbocycles. The fourth-order valence-electron chi connectivity index (χ4n) is 5.60. The lowest BCUT2D eigenvalue weighted by Crippen LogP contribution is -1.86. The van der Waals surface area contributed by atoms with Crippen molar-refractivity contribution in [3.05, 3.63) is 48.0 Å². The average Bonchev–Trinajstić information content (AvgIpc) is 3.09. The lowest BCUT2D eigenvalue weighted by molar-refractivity contribution is 0.518. The molecule has 0 amide bonds. The number of rotatable bonds is 24. The van der Waals surface area contributed by atoms with Gasteiger partial charge in [0.25, 0.3) is 0 Å². The smallest absolute Gasteiger partial charge is 0.0152 e. The SMILES string of the molecule is CCCCCCCCCCCCCCCCCCCCCCCCCc1ccc2cccccc1-2. The molecular formula is C35H58. The summed E-state index contributed by atoms with van der Waals surface area (Å²) in [5.41, 5.74) is 4.38. The lowest BCUT2D eigenvalue weighted by Gasteiger charge is -2.05. The molecule has 0 spiro atoms. The highest BCUT2D eigenvalue weighted by Crippen LogP contribution is 2.28. The molecule has 0 aromatic rings. The van der Waals surface area contributed by atoms with Crippen LogP contribution in [0.15, 0.2) is 42.5 Å². The van der Waals surface area contributed by atoms with Crippen LogP contribution in [-0.2, 0) is 6.42 Å². The van der Waals surface area contributed by atoms with Crippen LogP contribution in [0.4, 0.5) is 0 Å². The number of unbranched alkanes of at least 4 members (excludes halogenated alkanes) is 22. The molecule has 0 heteroatoms. The van der Waals surface area contributed by atoms with E-state index in [9.17, 15) is 0 Å². The maximum absolute atomic E-state index is 2.34. The highest BCUT2D eigenvalue weighted by molar-refractivity contribution is 5.70. The van der Waals surface area contributed by atoms with E-state index in [0.717, 1.165) is 0 Å². The maximum atomic E-state index is 2.34. The first-order valence-corrected chi connectivity index (χ1v) is 15.9. The molecule has 0 heterocycles. The number of aryl methyl sites for hydroxylation is 1. The molecule has 0 fully saturated rings. The molecule has 198 valence electrons. The van der Waals surface area contributed by atoms with Crippen molar-refractivity contribution in [2.45, 2.75) is 161 Å². The van der Waals surface area contributed by atoms with Crippen LogP contribution < -0.4 is 0 Å². The monoisotopic (exact) mass is 478 g/mol. The van der Waals surface area contributed by atoms with Gasteiger partial charge in [0, 0.05) is 0 Å². The van der Waals surface area contributed by atoms with Crippen molar-refractivity contribution in [3.8, 4) is 11.1 Å². The number of hydrogen-bond donors (Lipinski definition) is 0. The van der Waals surface area contributed by atoms with Crippen LogP contribution in [0, 0.1) is 0 Å². The Morgan fingerprint density at radius 1 is 0.371 bits per heavy atom. The van der Waals surface area contributed by atoms with E-state index in [4.69, 9.17) is 0 Å². The minimum Gasteiger partial charge on any atom is -0.0654 e. The lowest BCUT2D eigenvalue weighted by atomic mass is 10.0. The number of hydrogen-bond acceptors (Lipinski definition) is 0. The zero-order valence-electron chi connectivity index (χ0n) is 23.5. The highest BCUT2D eigenvalue weighted by atomic mass is 14.1. The van der Waals surface area contributed by atoms with Gasteiger partial charge in [0.1, 0.15) is 0 Å². The van der Waals surface area contributed by atoms with Crippen LogP contribution in [0.25, 0.3) is 11.1 Å². The molecule has 0 aliphatic heterocycles. The zero-order chi connectivity index (χ0) is 24.7. The predicted octanol–water partition coefficient (Wildman–Crippen LogP) is 12.3. The molecule has 0 atom stereocenters. The molecule has 0 bridgehead atoms. The second-order valence-corrected chi connectivity index (χ2v) is 11.2. The van der Waals surface area contributed by atoms with Crippen molar-refractivity contribution in [1.82, 2.24) is 0 Å². The third-order valence-corrected chi connectivity index (χ3v) is 7.93. The molecule has 0 nitrogen and oxygen atoms in total. The summed E-state index contributed by atoms with van der Waals surface area (Å²) < 4.78 is 0. The molecule has 2 aliphatic carbocycles. The van der Waals surface area contributed by atoms with Crippen molar-refractivity contribution in [2.24, 2.45) is 0 Å². The normalized spacial score (nSPS) is 11.5. The summed E-state index contributed by atoms with van der Waals surface area (Å²) in [4.78, 5) is 0. The Bertz CT molecular complexity index is 672. The van der Waals surface area contributed by atoms with Gasteiger partial charge < -0.3 is 0 Å². The largest absolute Gasteiger partial charge is 0.0654 e. The molecule has 0 aromatic carbocycles. The van der Waals surface area contributed by atoms with Gasteiger partial charge in [-0.3, -0.25) is 0 Å². The Hall–Kier alpha value is -1.30. The van der Waals surface area contributed by atoms with Crippen LogP contribution in [0.2, 0.25) is 0 Å². The Balaban J connectivity index is 1.25. The van der Waals surface area contributed by atoms with E-state index < -0.39 is 0 Å². The summed E-state index contributed by atoms with van der Waals surface area (Å²) in [6, 6.07) is 15.6.